The molecule has 6 heteroatoms. The lowest BCUT2D eigenvalue weighted by molar-refractivity contribution is -0.130. The van der Waals surface area contributed by atoms with Crippen molar-refractivity contribution < 1.29 is 14.3 Å². The predicted molar refractivity (Wildman–Crippen MR) is 89.6 cm³/mol. The SMILES string of the molecule is CC(C)Oc1ccc(NC(=O)C2(CN)CCOCC2)cc1.Cl. The summed E-state index contributed by atoms with van der Waals surface area (Å²) in [5, 5.41) is 2.95. The van der Waals surface area contributed by atoms with Gasteiger partial charge in [-0.2, -0.15) is 0 Å². The fraction of sp³-hybridized carbons (Fsp3) is 0.562. The number of halogens is 1. The van der Waals surface area contributed by atoms with E-state index in [1.54, 1.807) is 0 Å². The highest BCUT2D eigenvalue weighted by molar-refractivity contribution is 5.95. The molecule has 1 amide bonds. The van der Waals surface area contributed by atoms with Crippen molar-refractivity contribution >= 4 is 24.0 Å². The zero-order valence-electron chi connectivity index (χ0n) is 13.1. The lowest BCUT2D eigenvalue weighted by Gasteiger charge is -2.34. The molecule has 1 heterocycles. The number of ether oxygens (including phenoxy) is 2. The Morgan fingerprint density at radius 3 is 2.41 bits per heavy atom. The predicted octanol–water partition coefficient (Wildman–Crippen LogP) is 2.59. The maximum absolute atomic E-state index is 12.5. The summed E-state index contributed by atoms with van der Waals surface area (Å²) in [6, 6.07) is 7.40. The third-order valence-corrected chi connectivity index (χ3v) is 3.81. The third-order valence-electron chi connectivity index (χ3n) is 3.81. The van der Waals surface area contributed by atoms with Crippen molar-refractivity contribution in [1.82, 2.24) is 0 Å². The van der Waals surface area contributed by atoms with E-state index in [1.807, 2.05) is 38.1 Å². The van der Waals surface area contributed by atoms with Gasteiger partial charge in [0, 0.05) is 25.4 Å². The number of hydrogen-bond donors (Lipinski definition) is 2. The first-order chi connectivity index (χ1) is 10.1. The van der Waals surface area contributed by atoms with Crippen LogP contribution < -0.4 is 15.8 Å². The van der Waals surface area contributed by atoms with Crippen molar-refractivity contribution in [3.63, 3.8) is 0 Å². The first-order valence-electron chi connectivity index (χ1n) is 7.42. The second kappa shape index (κ2) is 8.36. The standard InChI is InChI=1S/C16H24N2O3.ClH/c1-12(2)21-14-5-3-13(4-6-14)18-15(19)16(11-17)7-9-20-10-8-16;/h3-6,12H,7-11,17H2,1-2H3,(H,18,19);1H. The van der Waals surface area contributed by atoms with E-state index in [0.29, 0.717) is 32.6 Å². The van der Waals surface area contributed by atoms with Gasteiger partial charge in [-0.15, -0.1) is 12.4 Å². The van der Waals surface area contributed by atoms with Gasteiger partial charge in [0.15, 0.2) is 0 Å². The van der Waals surface area contributed by atoms with E-state index in [1.165, 1.54) is 0 Å². The molecule has 1 aliphatic rings. The molecule has 0 radical (unpaired) electrons. The van der Waals surface area contributed by atoms with Gasteiger partial charge in [-0.05, 0) is 51.0 Å². The first kappa shape index (κ1) is 18.7. The van der Waals surface area contributed by atoms with Crippen LogP contribution in [0.2, 0.25) is 0 Å². The van der Waals surface area contributed by atoms with Gasteiger partial charge in [-0.1, -0.05) is 0 Å². The van der Waals surface area contributed by atoms with E-state index in [-0.39, 0.29) is 24.4 Å². The Bertz CT molecular complexity index is 471. The third kappa shape index (κ3) is 4.60. The van der Waals surface area contributed by atoms with Gasteiger partial charge >= 0.3 is 0 Å². The van der Waals surface area contributed by atoms with E-state index in [4.69, 9.17) is 15.2 Å². The molecule has 1 aliphatic heterocycles. The number of rotatable bonds is 5. The normalized spacial score (nSPS) is 16.7. The highest BCUT2D eigenvalue weighted by Crippen LogP contribution is 2.31. The molecular weight excluding hydrogens is 304 g/mol. The topological polar surface area (TPSA) is 73.6 Å². The maximum atomic E-state index is 12.5. The Labute approximate surface area is 138 Å². The van der Waals surface area contributed by atoms with Crippen molar-refractivity contribution in [1.29, 1.82) is 0 Å². The van der Waals surface area contributed by atoms with Crippen molar-refractivity contribution in [2.75, 3.05) is 25.1 Å². The van der Waals surface area contributed by atoms with Crippen LogP contribution in [0, 0.1) is 5.41 Å². The number of benzene rings is 1. The molecule has 0 saturated carbocycles. The highest BCUT2D eigenvalue weighted by Gasteiger charge is 2.38. The molecule has 1 saturated heterocycles. The van der Waals surface area contributed by atoms with Crippen LogP contribution in [0.5, 0.6) is 5.75 Å². The Hall–Kier alpha value is -1.30. The van der Waals surface area contributed by atoms with E-state index >= 15 is 0 Å². The van der Waals surface area contributed by atoms with Crippen molar-refractivity contribution in [2.45, 2.75) is 32.8 Å². The summed E-state index contributed by atoms with van der Waals surface area (Å²) < 4.78 is 10.9. The molecule has 0 aliphatic carbocycles. The Kier molecular flexibility index (Phi) is 7.13. The molecule has 1 aromatic rings. The summed E-state index contributed by atoms with van der Waals surface area (Å²) in [7, 11) is 0. The average molecular weight is 329 g/mol. The van der Waals surface area contributed by atoms with Crippen LogP contribution >= 0.6 is 12.4 Å². The fourth-order valence-electron chi connectivity index (χ4n) is 2.44. The van der Waals surface area contributed by atoms with Gasteiger partial charge < -0.3 is 20.5 Å². The lowest BCUT2D eigenvalue weighted by Crippen LogP contribution is -2.46. The van der Waals surface area contributed by atoms with Gasteiger partial charge in [0.1, 0.15) is 5.75 Å². The van der Waals surface area contributed by atoms with Crippen LogP contribution in [0.15, 0.2) is 24.3 Å². The number of nitrogens with two attached hydrogens (primary N) is 1. The van der Waals surface area contributed by atoms with E-state index in [2.05, 4.69) is 5.32 Å². The van der Waals surface area contributed by atoms with Gasteiger partial charge in [0.05, 0.1) is 11.5 Å². The second-order valence-electron chi connectivity index (χ2n) is 5.74. The number of carbonyl (C=O) groups excluding carboxylic acids is 1. The van der Waals surface area contributed by atoms with Crippen LogP contribution in [0.3, 0.4) is 0 Å². The van der Waals surface area contributed by atoms with Gasteiger partial charge in [-0.25, -0.2) is 0 Å². The minimum atomic E-state index is -0.509. The largest absolute Gasteiger partial charge is 0.491 e. The summed E-state index contributed by atoms with van der Waals surface area (Å²) in [5.41, 5.74) is 6.09. The molecule has 22 heavy (non-hydrogen) atoms. The Morgan fingerprint density at radius 1 is 1.32 bits per heavy atom. The zero-order chi connectivity index (χ0) is 15.3. The Morgan fingerprint density at radius 2 is 1.91 bits per heavy atom. The molecule has 1 aromatic carbocycles. The minimum Gasteiger partial charge on any atom is -0.491 e. The number of hydrogen-bond acceptors (Lipinski definition) is 4. The van der Waals surface area contributed by atoms with E-state index < -0.39 is 5.41 Å². The smallest absolute Gasteiger partial charge is 0.232 e. The van der Waals surface area contributed by atoms with Gasteiger partial charge in [-0.3, -0.25) is 4.79 Å². The molecule has 124 valence electrons. The first-order valence-corrected chi connectivity index (χ1v) is 7.42. The molecule has 5 nitrogen and oxygen atoms in total. The van der Waals surface area contributed by atoms with Crippen LogP contribution in [-0.2, 0) is 9.53 Å². The number of carbonyl (C=O) groups is 1. The molecule has 0 unspecified atom stereocenters. The van der Waals surface area contributed by atoms with Crippen LogP contribution in [-0.4, -0.2) is 31.8 Å². The second-order valence-corrected chi connectivity index (χ2v) is 5.74. The molecular formula is C16H25ClN2O3. The molecule has 0 aromatic heterocycles. The summed E-state index contributed by atoms with van der Waals surface area (Å²) >= 11 is 0. The molecule has 0 spiro atoms. The van der Waals surface area contributed by atoms with Crippen LogP contribution in [0.4, 0.5) is 5.69 Å². The molecule has 2 rings (SSSR count). The fourth-order valence-corrected chi connectivity index (χ4v) is 2.44. The molecule has 0 atom stereocenters. The molecule has 1 fully saturated rings. The van der Waals surface area contributed by atoms with E-state index in [0.717, 1.165) is 11.4 Å². The summed E-state index contributed by atoms with van der Waals surface area (Å²) in [4.78, 5) is 12.5. The summed E-state index contributed by atoms with van der Waals surface area (Å²) in [6.45, 7) is 5.48. The van der Waals surface area contributed by atoms with Crippen LogP contribution in [0.25, 0.3) is 0 Å². The minimum absolute atomic E-state index is 0. The van der Waals surface area contributed by atoms with Crippen molar-refractivity contribution in [3.05, 3.63) is 24.3 Å². The lowest BCUT2D eigenvalue weighted by atomic mass is 9.79. The number of nitrogens with one attached hydrogen (secondary N) is 1. The van der Waals surface area contributed by atoms with Gasteiger partial charge in [0.2, 0.25) is 5.91 Å². The number of anilines is 1. The quantitative estimate of drug-likeness (QED) is 0.871. The van der Waals surface area contributed by atoms with E-state index in [9.17, 15) is 4.79 Å². The van der Waals surface area contributed by atoms with Crippen molar-refractivity contribution in [2.24, 2.45) is 11.1 Å². The summed E-state index contributed by atoms with van der Waals surface area (Å²) in [5.74, 6) is 0.772. The Balaban J connectivity index is 0.00000242. The molecule has 3 N–H and O–H groups in total. The van der Waals surface area contributed by atoms with Gasteiger partial charge in [0.25, 0.3) is 0 Å². The van der Waals surface area contributed by atoms with Crippen LogP contribution in [0.1, 0.15) is 26.7 Å². The number of amides is 1. The van der Waals surface area contributed by atoms with Crippen molar-refractivity contribution in [3.8, 4) is 5.75 Å². The summed E-state index contributed by atoms with van der Waals surface area (Å²) in [6.07, 6.45) is 1.47. The highest BCUT2D eigenvalue weighted by atomic mass is 35.5. The monoisotopic (exact) mass is 328 g/mol. The average Bonchev–Trinajstić information content (AvgIpc) is 2.49. The maximum Gasteiger partial charge on any atom is 0.232 e. The zero-order valence-corrected chi connectivity index (χ0v) is 13.9. The molecule has 0 bridgehead atoms.